The van der Waals surface area contributed by atoms with Crippen LogP contribution < -0.4 is 4.78 Å². The third-order valence-corrected chi connectivity index (χ3v) is 4.98. The van der Waals surface area contributed by atoms with Crippen molar-refractivity contribution in [3.05, 3.63) is 17.0 Å². The zero-order valence-corrected chi connectivity index (χ0v) is 14.6. The molecule has 0 spiro atoms. The molecule has 0 aliphatic carbocycles. The van der Waals surface area contributed by atoms with Crippen LogP contribution in [-0.4, -0.2) is 20.3 Å². The summed E-state index contributed by atoms with van der Waals surface area (Å²) in [5, 5.41) is 2.27. The van der Waals surface area contributed by atoms with Crippen LogP contribution in [0.2, 0.25) is 0 Å². The van der Waals surface area contributed by atoms with E-state index in [-0.39, 0.29) is 12.5 Å². The third kappa shape index (κ3) is 5.76. The van der Waals surface area contributed by atoms with Crippen LogP contribution in [-0.2, 0) is 15.7 Å². The molecule has 1 aliphatic heterocycles. The van der Waals surface area contributed by atoms with Gasteiger partial charge in [0.1, 0.15) is 0 Å². The number of hydrogen-bond acceptors (Lipinski definition) is 3. The SMILES string of the molecule is CCCCCCCCc1csc(B2OCC(C)(C)CO2)c1. The zero-order chi connectivity index (χ0) is 15.1. The van der Waals surface area contributed by atoms with E-state index in [9.17, 15) is 0 Å². The summed E-state index contributed by atoms with van der Waals surface area (Å²) in [6.45, 7) is 8.19. The molecule has 0 bridgehead atoms. The second-order valence-electron chi connectivity index (χ2n) is 6.99. The largest absolute Gasteiger partial charge is 0.504 e. The van der Waals surface area contributed by atoms with Crippen molar-refractivity contribution in [1.82, 2.24) is 0 Å². The molecule has 2 rings (SSSR count). The minimum Gasteiger partial charge on any atom is -0.406 e. The fourth-order valence-corrected chi connectivity index (χ4v) is 3.56. The van der Waals surface area contributed by atoms with Crippen LogP contribution in [0.4, 0.5) is 0 Å². The molecule has 0 amide bonds. The molecule has 0 saturated carbocycles. The normalized spacial score (nSPS) is 18.1. The number of rotatable bonds is 8. The fraction of sp³-hybridized carbons (Fsp3) is 0.765. The first-order chi connectivity index (χ1) is 10.1. The van der Waals surface area contributed by atoms with Crippen molar-refractivity contribution in [2.24, 2.45) is 5.41 Å². The van der Waals surface area contributed by atoms with E-state index in [1.807, 2.05) is 0 Å². The van der Waals surface area contributed by atoms with Crippen molar-refractivity contribution in [2.45, 2.75) is 65.7 Å². The smallest absolute Gasteiger partial charge is 0.406 e. The Bertz CT molecular complexity index is 407. The Hall–Kier alpha value is -0.315. The molecule has 1 aromatic heterocycles. The van der Waals surface area contributed by atoms with Crippen LogP contribution >= 0.6 is 11.3 Å². The van der Waals surface area contributed by atoms with E-state index >= 15 is 0 Å². The Morgan fingerprint density at radius 1 is 1.10 bits per heavy atom. The second kappa shape index (κ2) is 8.35. The van der Waals surface area contributed by atoms with Gasteiger partial charge in [-0.3, -0.25) is 0 Å². The first-order valence-corrected chi connectivity index (χ1v) is 9.29. The monoisotopic (exact) mass is 308 g/mol. The first kappa shape index (κ1) is 17.0. The van der Waals surface area contributed by atoms with Gasteiger partial charge in [0, 0.05) is 23.4 Å². The molecule has 0 N–H and O–H groups in total. The molecule has 2 nitrogen and oxygen atoms in total. The van der Waals surface area contributed by atoms with E-state index in [0.29, 0.717) is 0 Å². The molecule has 21 heavy (non-hydrogen) atoms. The van der Waals surface area contributed by atoms with Gasteiger partial charge in [0.15, 0.2) is 0 Å². The fourth-order valence-electron chi connectivity index (χ4n) is 2.62. The Labute approximate surface area is 134 Å². The Morgan fingerprint density at radius 3 is 2.48 bits per heavy atom. The lowest BCUT2D eigenvalue weighted by atomic mass is 9.82. The quantitative estimate of drug-likeness (QED) is 0.523. The highest BCUT2D eigenvalue weighted by Gasteiger charge is 2.34. The summed E-state index contributed by atoms with van der Waals surface area (Å²) < 4.78 is 12.9. The number of aryl methyl sites for hydroxylation is 1. The standard InChI is InChI=1S/C17H29BO2S/c1-4-5-6-7-8-9-10-15-11-16(21-12-15)18-19-13-17(2,3)14-20-18/h11-12H,4-10,13-14H2,1-3H3. The molecular formula is C17H29BO2S. The third-order valence-electron chi connectivity index (χ3n) is 3.98. The van der Waals surface area contributed by atoms with Crippen molar-refractivity contribution >= 4 is 23.2 Å². The second-order valence-corrected chi connectivity index (χ2v) is 7.94. The summed E-state index contributed by atoms with van der Waals surface area (Å²) in [6, 6.07) is 2.28. The lowest BCUT2D eigenvalue weighted by molar-refractivity contribution is 0.0346. The maximum absolute atomic E-state index is 5.85. The van der Waals surface area contributed by atoms with Crippen LogP contribution in [0.1, 0.15) is 64.9 Å². The van der Waals surface area contributed by atoms with E-state index in [2.05, 4.69) is 32.2 Å². The van der Waals surface area contributed by atoms with Gasteiger partial charge < -0.3 is 9.31 Å². The van der Waals surface area contributed by atoms with Crippen LogP contribution in [0.15, 0.2) is 11.4 Å². The molecular weight excluding hydrogens is 279 g/mol. The summed E-state index contributed by atoms with van der Waals surface area (Å²) in [4.78, 5) is 0. The predicted octanol–water partition coefficient (Wildman–Crippen LogP) is 4.42. The lowest BCUT2D eigenvalue weighted by Crippen LogP contribution is -2.46. The van der Waals surface area contributed by atoms with Gasteiger partial charge in [-0.1, -0.05) is 52.9 Å². The Kier molecular flexibility index (Phi) is 6.78. The van der Waals surface area contributed by atoms with Crippen molar-refractivity contribution in [3.8, 4) is 0 Å². The predicted molar refractivity (Wildman–Crippen MR) is 92.5 cm³/mol. The number of unbranched alkanes of at least 4 members (excludes halogenated alkanes) is 5. The molecule has 1 saturated heterocycles. The number of hydrogen-bond donors (Lipinski definition) is 0. The van der Waals surface area contributed by atoms with Gasteiger partial charge >= 0.3 is 7.12 Å². The highest BCUT2D eigenvalue weighted by Crippen LogP contribution is 2.22. The average molecular weight is 308 g/mol. The van der Waals surface area contributed by atoms with E-state index in [1.54, 1.807) is 11.3 Å². The Morgan fingerprint density at radius 2 is 1.76 bits per heavy atom. The van der Waals surface area contributed by atoms with Crippen molar-refractivity contribution < 1.29 is 9.31 Å². The highest BCUT2D eigenvalue weighted by molar-refractivity contribution is 7.20. The summed E-state index contributed by atoms with van der Waals surface area (Å²) in [5.41, 5.74) is 1.59. The summed E-state index contributed by atoms with van der Waals surface area (Å²) >= 11 is 1.78. The highest BCUT2D eigenvalue weighted by atomic mass is 32.1. The maximum atomic E-state index is 5.85. The van der Waals surface area contributed by atoms with Gasteiger partial charge in [-0.25, -0.2) is 0 Å². The van der Waals surface area contributed by atoms with Crippen LogP contribution in [0, 0.1) is 5.41 Å². The molecule has 4 heteroatoms. The minimum atomic E-state index is -0.138. The van der Waals surface area contributed by atoms with Crippen LogP contribution in [0.25, 0.3) is 0 Å². The zero-order valence-electron chi connectivity index (χ0n) is 13.8. The van der Waals surface area contributed by atoms with Gasteiger partial charge in [0.05, 0.1) is 0 Å². The summed E-state index contributed by atoms with van der Waals surface area (Å²) in [7, 11) is -0.138. The van der Waals surface area contributed by atoms with Crippen LogP contribution in [0.5, 0.6) is 0 Å². The molecule has 1 fully saturated rings. The lowest BCUT2D eigenvalue weighted by Gasteiger charge is -2.32. The van der Waals surface area contributed by atoms with Crippen LogP contribution in [0.3, 0.4) is 0 Å². The van der Waals surface area contributed by atoms with Gasteiger partial charge in [0.25, 0.3) is 0 Å². The summed E-state index contributed by atoms with van der Waals surface area (Å²) in [6.07, 6.45) is 9.34. The molecule has 0 radical (unpaired) electrons. The molecule has 0 unspecified atom stereocenters. The Balaban J connectivity index is 1.69. The number of thiophene rings is 1. The molecule has 0 atom stereocenters. The maximum Gasteiger partial charge on any atom is 0.504 e. The minimum absolute atomic E-state index is 0.138. The van der Waals surface area contributed by atoms with Crippen molar-refractivity contribution in [1.29, 1.82) is 0 Å². The first-order valence-electron chi connectivity index (χ1n) is 8.41. The van der Waals surface area contributed by atoms with E-state index < -0.39 is 0 Å². The van der Waals surface area contributed by atoms with Gasteiger partial charge in [-0.2, -0.15) is 11.3 Å². The van der Waals surface area contributed by atoms with Crippen molar-refractivity contribution in [2.75, 3.05) is 13.2 Å². The van der Waals surface area contributed by atoms with Gasteiger partial charge in [0.2, 0.25) is 0 Å². The topological polar surface area (TPSA) is 18.5 Å². The van der Waals surface area contributed by atoms with E-state index in [0.717, 1.165) is 13.2 Å². The molecule has 1 aromatic rings. The van der Waals surface area contributed by atoms with Crippen molar-refractivity contribution in [3.63, 3.8) is 0 Å². The van der Waals surface area contributed by atoms with E-state index in [4.69, 9.17) is 9.31 Å². The molecule has 118 valence electrons. The van der Waals surface area contributed by atoms with E-state index in [1.165, 1.54) is 55.3 Å². The molecule has 2 heterocycles. The van der Waals surface area contributed by atoms with Gasteiger partial charge in [-0.15, -0.1) is 0 Å². The molecule has 1 aliphatic rings. The van der Waals surface area contributed by atoms with Gasteiger partial charge in [-0.05, 0) is 29.9 Å². The average Bonchev–Trinajstić information content (AvgIpc) is 2.91. The summed E-state index contributed by atoms with van der Waals surface area (Å²) in [5.74, 6) is 0. The molecule has 0 aromatic carbocycles.